The number of amides is 1. The fraction of sp³-hybridized carbons (Fsp3) is 0.278. The minimum atomic E-state index is -0.134. The highest BCUT2D eigenvalue weighted by Gasteiger charge is 2.11. The molecule has 0 fully saturated rings. The first-order valence-corrected chi connectivity index (χ1v) is 7.80. The summed E-state index contributed by atoms with van der Waals surface area (Å²) in [7, 11) is 0. The summed E-state index contributed by atoms with van der Waals surface area (Å²) in [5.41, 5.74) is 5.27. The monoisotopic (exact) mass is 308 g/mol. The molecule has 1 heterocycles. The molecule has 0 spiro atoms. The largest absolute Gasteiger partial charge is 0.322 e. The Balaban J connectivity index is 1.87. The Morgan fingerprint density at radius 2 is 2.00 bits per heavy atom. The number of hydrogen-bond acceptors (Lipinski definition) is 3. The van der Waals surface area contributed by atoms with Gasteiger partial charge in [-0.25, -0.2) is 4.68 Å². The molecule has 0 aliphatic rings. The van der Waals surface area contributed by atoms with Crippen LogP contribution < -0.4 is 5.32 Å². The van der Waals surface area contributed by atoms with E-state index in [2.05, 4.69) is 22.6 Å². The summed E-state index contributed by atoms with van der Waals surface area (Å²) in [4.78, 5) is 12.5. The lowest BCUT2D eigenvalue weighted by molar-refractivity contribution is 0.102. The van der Waals surface area contributed by atoms with Crippen LogP contribution in [-0.4, -0.2) is 20.9 Å². The summed E-state index contributed by atoms with van der Waals surface area (Å²) < 4.78 is 1.86. The fourth-order valence-electron chi connectivity index (χ4n) is 2.56. The number of rotatable bonds is 4. The highest BCUT2D eigenvalue weighted by atomic mass is 16.1. The number of fused-ring (bicyclic) bond motifs is 1. The minimum Gasteiger partial charge on any atom is -0.322 e. The Labute approximate surface area is 135 Å². The molecule has 5 heteroatoms. The third kappa shape index (κ3) is 3.08. The van der Waals surface area contributed by atoms with Gasteiger partial charge in [0, 0.05) is 17.8 Å². The van der Waals surface area contributed by atoms with Crippen molar-refractivity contribution in [3.63, 3.8) is 0 Å². The SMILES string of the molecule is CCCn1nnc2cc(C(=O)Nc3cc(C)ccc3C)ccc21. The molecule has 0 saturated carbocycles. The molecule has 0 aliphatic carbocycles. The van der Waals surface area contributed by atoms with E-state index in [1.54, 1.807) is 6.07 Å². The van der Waals surface area contributed by atoms with Crippen molar-refractivity contribution in [2.75, 3.05) is 5.32 Å². The maximum atomic E-state index is 12.5. The summed E-state index contributed by atoms with van der Waals surface area (Å²) >= 11 is 0. The zero-order valence-electron chi connectivity index (χ0n) is 13.6. The predicted octanol–water partition coefficient (Wildman–Crippen LogP) is 3.71. The van der Waals surface area contributed by atoms with Crippen LogP contribution in [0.1, 0.15) is 34.8 Å². The second-order valence-corrected chi connectivity index (χ2v) is 5.79. The smallest absolute Gasteiger partial charge is 0.255 e. The van der Waals surface area contributed by atoms with Gasteiger partial charge in [0.25, 0.3) is 5.91 Å². The molecule has 0 saturated heterocycles. The molecule has 0 aliphatic heterocycles. The Morgan fingerprint density at radius 1 is 1.17 bits per heavy atom. The van der Waals surface area contributed by atoms with E-state index >= 15 is 0 Å². The molecular weight excluding hydrogens is 288 g/mol. The van der Waals surface area contributed by atoms with Crippen LogP contribution in [-0.2, 0) is 6.54 Å². The van der Waals surface area contributed by atoms with E-state index < -0.39 is 0 Å². The van der Waals surface area contributed by atoms with Gasteiger partial charge >= 0.3 is 0 Å². The molecule has 1 aromatic heterocycles. The predicted molar refractivity (Wildman–Crippen MR) is 91.7 cm³/mol. The van der Waals surface area contributed by atoms with E-state index in [0.29, 0.717) is 5.56 Å². The van der Waals surface area contributed by atoms with Crippen molar-refractivity contribution in [3.8, 4) is 0 Å². The summed E-state index contributed by atoms with van der Waals surface area (Å²) in [5.74, 6) is -0.134. The lowest BCUT2D eigenvalue weighted by Gasteiger charge is -2.09. The number of aryl methyl sites for hydroxylation is 3. The summed E-state index contributed by atoms with van der Waals surface area (Å²) in [5, 5.41) is 11.3. The van der Waals surface area contributed by atoms with Crippen molar-refractivity contribution in [3.05, 3.63) is 53.1 Å². The Hall–Kier alpha value is -2.69. The van der Waals surface area contributed by atoms with Gasteiger partial charge in [-0.05, 0) is 55.7 Å². The van der Waals surface area contributed by atoms with Crippen LogP contribution in [0.15, 0.2) is 36.4 Å². The lowest BCUT2D eigenvalue weighted by Crippen LogP contribution is -2.12. The zero-order valence-corrected chi connectivity index (χ0v) is 13.6. The lowest BCUT2D eigenvalue weighted by atomic mass is 10.1. The van der Waals surface area contributed by atoms with Gasteiger partial charge in [-0.1, -0.05) is 24.3 Å². The van der Waals surface area contributed by atoms with Crippen molar-refractivity contribution >= 4 is 22.6 Å². The molecule has 5 nitrogen and oxygen atoms in total. The Kier molecular flexibility index (Phi) is 4.10. The van der Waals surface area contributed by atoms with Crippen molar-refractivity contribution in [1.29, 1.82) is 0 Å². The van der Waals surface area contributed by atoms with Gasteiger partial charge < -0.3 is 5.32 Å². The third-order valence-corrected chi connectivity index (χ3v) is 3.85. The fourth-order valence-corrected chi connectivity index (χ4v) is 2.56. The molecular formula is C18H20N4O. The van der Waals surface area contributed by atoms with Crippen molar-refractivity contribution in [2.24, 2.45) is 0 Å². The van der Waals surface area contributed by atoms with Gasteiger partial charge in [-0.15, -0.1) is 5.10 Å². The molecule has 3 rings (SSSR count). The second-order valence-electron chi connectivity index (χ2n) is 5.79. The van der Waals surface area contributed by atoms with Crippen LogP contribution in [0.4, 0.5) is 5.69 Å². The van der Waals surface area contributed by atoms with Gasteiger partial charge in [-0.3, -0.25) is 4.79 Å². The van der Waals surface area contributed by atoms with E-state index in [0.717, 1.165) is 40.8 Å². The molecule has 1 N–H and O–H groups in total. The first-order chi connectivity index (χ1) is 11.1. The average molecular weight is 308 g/mol. The zero-order chi connectivity index (χ0) is 16.4. The second kappa shape index (κ2) is 6.20. The molecule has 0 bridgehead atoms. The van der Waals surface area contributed by atoms with E-state index in [-0.39, 0.29) is 5.91 Å². The molecule has 3 aromatic rings. The van der Waals surface area contributed by atoms with E-state index in [4.69, 9.17) is 0 Å². The first kappa shape index (κ1) is 15.2. The average Bonchev–Trinajstić information content (AvgIpc) is 2.93. The molecule has 118 valence electrons. The van der Waals surface area contributed by atoms with Crippen LogP contribution in [0, 0.1) is 13.8 Å². The number of hydrogen-bond donors (Lipinski definition) is 1. The molecule has 0 radical (unpaired) electrons. The highest BCUT2D eigenvalue weighted by Crippen LogP contribution is 2.19. The number of anilines is 1. The number of carbonyl (C=O) groups is 1. The van der Waals surface area contributed by atoms with Crippen molar-refractivity contribution < 1.29 is 4.79 Å². The van der Waals surface area contributed by atoms with Gasteiger partial charge in [-0.2, -0.15) is 0 Å². The normalized spacial score (nSPS) is 10.9. The Bertz CT molecular complexity index is 867. The quantitative estimate of drug-likeness (QED) is 0.799. The minimum absolute atomic E-state index is 0.134. The molecule has 0 atom stereocenters. The summed E-state index contributed by atoms with van der Waals surface area (Å²) in [6.07, 6.45) is 0.993. The maximum absolute atomic E-state index is 12.5. The van der Waals surface area contributed by atoms with Gasteiger partial charge in [0.15, 0.2) is 0 Å². The molecule has 1 amide bonds. The highest BCUT2D eigenvalue weighted by molar-refractivity contribution is 6.06. The number of carbonyl (C=O) groups excluding carboxylic acids is 1. The van der Waals surface area contributed by atoms with E-state index in [1.165, 1.54) is 0 Å². The molecule has 23 heavy (non-hydrogen) atoms. The van der Waals surface area contributed by atoms with Crippen LogP contribution in [0.2, 0.25) is 0 Å². The summed E-state index contributed by atoms with van der Waals surface area (Å²) in [6.45, 7) is 6.91. The molecule has 2 aromatic carbocycles. The van der Waals surface area contributed by atoms with Crippen LogP contribution in [0.5, 0.6) is 0 Å². The standard InChI is InChI=1S/C18H20N4O/c1-4-9-22-17-8-7-14(11-16(17)20-21-22)18(23)19-15-10-12(2)5-6-13(15)3/h5-8,10-11H,4,9H2,1-3H3,(H,19,23). The first-order valence-electron chi connectivity index (χ1n) is 7.80. The van der Waals surface area contributed by atoms with Crippen LogP contribution >= 0.6 is 0 Å². The van der Waals surface area contributed by atoms with Gasteiger partial charge in [0.2, 0.25) is 0 Å². The maximum Gasteiger partial charge on any atom is 0.255 e. The number of aromatic nitrogens is 3. The Morgan fingerprint density at radius 3 is 2.78 bits per heavy atom. The van der Waals surface area contributed by atoms with E-state index in [9.17, 15) is 4.79 Å². The number of nitrogens with zero attached hydrogens (tertiary/aromatic N) is 3. The van der Waals surface area contributed by atoms with Crippen molar-refractivity contribution in [1.82, 2.24) is 15.0 Å². The van der Waals surface area contributed by atoms with E-state index in [1.807, 2.05) is 48.9 Å². The topological polar surface area (TPSA) is 59.8 Å². The van der Waals surface area contributed by atoms with Crippen LogP contribution in [0.3, 0.4) is 0 Å². The third-order valence-electron chi connectivity index (χ3n) is 3.85. The number of nitrogens with one attached hydrogen (secondary N) is 1. The summed E-state index contributed by atoms with van der Waals surface area (Å²) in [6, 6.07) is 11.5. The van der Waals surface area contributed by atoms with Crippen LogP contribution in [0.25, 0.3) is 11.0 Å². The van der Waals surface area contributed by atoms with Gasteiger partial charge in [0.05, 0.1) is 5.52 Å². The van der Waals surface area contributed by atoms with Gasteiger partial charge in [0.1, 0.15) is 5.52 Å². The van der Waals surface area contributed by atoms with Crippen molar-refractivity contribution in [2.45, 2.75) is 33.7 Å². The number of benzene rings is 2. The molecule has 0 unspecified atom stereocenters.